The van der Waals surface area contributed by atoms with Crippen LogP contribution in [-0.4, -0.2) is 45.5 Å². The molecule has 164 valence electrons. The number of benzene rings is 2. The van der Waals surface area contributed by atoms with Crippen LogP contribution in [0.5, 0.6) is 0 Å². The number of anilines is 1. The second-order valence-corrected chi connectivity index (χ2v) is 7.52. The van der Waals surface area contributed by atoms with Gasteiger partial charge in [-0.1, -0.05) is 48.5 Å². The van der Waals surface area contributed by atoms with Gasteiger partial charge in [-0.3, -0.25) is 19.6 Å². The topological polar surface area (TPSA) is 123 Å². The third-order valence-electron chi connectivity index (χ3n) is 5.40. The lowest BCUT2D eigenvalue weighted by molar-refractivity contribution is -0.138. The average molecular weight is 434 g/mol. The first kappa shape index (κ1) is 21.1. The van der Waals surface area contributed by atoms with Crippen LogP contribution in [0.2, 0.25) is 0 Å². The van der Waals surface area contributed by atoms with Gasteiger partial charge in [-0.2, -0.15) is 5.10 Å². The number of carboxylic acids is 1. The molecule has 0 fully saturated rings. The van der Waals surface area contributed by atoms with E-state index in [1.165, 1.54) is 17.7 Å². The minimum absolute atomic E-state index is 0.0189. The van der Waals surface area contributed by atoms with E-state index in [0.717, 1.165) is 22.3 Å². The number of hydrogen-bond donors (Lipinski definition) is 3. The van der Waals surface area contributed by atoms with Crippen molar-refractivity contribution in [1.29, 1.82) is 0 Å². The van der Waals surface area contributed by atoms with Gasteiger partial charge in [-0.25, -0.2) is 4.79 Å². The van der Waals surface area contributed by atoms with E-state index in [-0.39, 0.29) is 24.0 Å². The molecular formula is C23H22N4O5. The number of carbonyl (C=O) groups excluding carboxylic acids is 2. The standard InChI is InChI=1S/C23H22N4O5/c1-13(22(29)30)24-21(28)19-11-20(27(2)26-19)25-23(31)32-12-18-16-9-5-3-7-14(16)15-8-4-6-10-17(15)18/h3-11,13,18H,12H2,1-2H3,(H,24,28)(H,25,31)(H,29,30). The molecule has 1 unspecified atom stereocenters. The van der Waals surface area contributed by atoms with Crippen molar-refractivity contribution in [2.24, 2.45) is 7.05 Å². The maximum absolute atomic E-state index is 12.4. The van der Waals surface area contributed by atoms with E-state index in [0.29, 0.717) is 0 Å². The summed E-state index contributed by atoms with van der Waals surface area (Å²) in [5, 5.41) is 17.8. The zero-order chi connectivity index (χ0) is 22.8. The summed E-state index contributed by atoms with van der Waals surface area (Å²) >= 11 is 0. The van der Waals surface area contributed by atoms with Gasteiger partial charge in [0.15, 0.2) is 5.69 Å². The number of nitrogens with one attached hydrogen (secondary N) is 2. The van der Waals surface area contributed by atoms with Crippen molar-refractivity contribution in [2.45, 2.75) is 18.9 Å². The minimum atomic E-state index is -1.16. The summed E-state index contributed by atoms with van der Waals surface area (Å²) in [7, 11) is 1.55. The third kappa shape index (κ3) is 4.04. The van der Waals surface area contributed by atoms with Crippen LogP contribution in [0.15, 0.2) is 54.6 Å². The lowest BCUT2D eigenvalue weighted by Crippen LogP contribution is -2.38. The zero-order valence-corrected chi connectivity index (χ0v) is 17.5. The number of hydrogen-bond acceptors (Lipinski definition) is 5. The Morgan fingerprint density at radius 3 is 2.28 bits per heavy atom. The molecule has 4 rings (SSSR count). The van der Waals surface area contributed by atoms with E-state index in [1.807, 2.05) is 36.4 Å². The number of carbonyl (C=O) groups is 3. The Kier molecular flexibility index (Phi) is 5.63. The molecule has 0 bridgehead atoms. The lowest BCUT2D eigenvalue weighted by atomic mass is 9.98. The molecule has 2 amide bonds. The Morgan fingerprint density at radius 2 is 1.69 bits per heavy atom. The summed E-state index contributed by atoms with van der Waals surface area (Å²) in [6.45, 7) is 1.50. The predicted octanol–water partition coefficient (Wildman–Crippen LogP) is 2.98. The van der Waals surface area contributed by atoms with E-state index >= 15 is 0 Å². The van der Waals surface area contributed by atoms with Crippen molar-refractivity contribution < 1.29 is 24.2 Å². The molecule has 1 aromatic heterocycles. The number of aromatic nitrogens is 2. The third-order valence-corrected chi connectivity index (χ3v) is 5.40. The molecule has 9 nitrogen and oxygen atoms in total. The highest BCUT2D eigenvalue weighted by Crippen LogP contribution is 2.44. The van der Waals surface area contributed by atoms with Crippen LogP contribution >= 0.6 is 0 Å². The highest BCUT2D eigenvalue weighted by Gasteiger charge is 2.29. The summed E-state index contributed by atoms with van der Waals surface area (Å²) in [4.78, 5) is 35.5. The molecule has 9 heteroatoms. The Balaban J connectivity index is 1.42. The molecule has 0 spiro atoms. The van der Waals surface area contributed by atoms with Gasteiger partial charge in [0, 0.05) is 19.0 Å². The SMILES string of the molecule is CC(NC(=O)c1cc(NC(=O)OCC2c3ccccc3-c3ccccc32)n(C)n1)C(=O)O. The van der Waals surface area contributed by atoms with E-state index in [4.69, 9.17) is 9.84 Å². The van der Waals surface area contributed by atoms with E-state index in [9.17, 15) is 14.4 Å². The zero-order valence-electron chi connectivity index (χ0n) is 17.5. The molecule has 0 radical (unpaired) electrons. The van der Waals surface area contributed by atoms with Crippen LogP contribution in [0.1, 0.15) is 34.5 Å². The van der Waals surface area contributed by atoms with Gasteiger partial charge in [0.05, 0.1) is 0 Å². The average Bonchev–Trinajstić information content (AvgIpc) is 3.30. The van der Waals surface area contributed by atoms with Gasteiger partial charge in [0.1, 0.15) is 18.5 Å². The molecular weight excluding hydrogens is 412 g/mol. The number of aliphatic carboxylic acids is 1. The summed E-state index contributed by atoms with van der Waals surface area (Å²) in [5.41, 5.74) is 4.46. The van der Waals surface area contributed by atoms with Crippen LogP contribution in [0.3, 0.4) is 0 Å². The van der Waals surface area contributed by atoms with Gasteiger partial charge >= 0.3 is 12.1 Å². The van der Waals surface area contributed by atoms with E-state index in [2.05, 4.69) is 27.9 Å². The molecule has 3 N–H and O–H groups in total. The van der Waals surface area contributed by atoms with Crippen molar-refractivity contribution in [2.75, 3.05) is 11.9 Å². The Labute approximate surface area is 184 Å². The summed E-state index contributed by atoms with van der Waals surface area (Å²) in [5.74, 6) is -1.64. The number of aryl methyl sites for hydroxylation is 1. The predicted molar refractivity (Wildman–Crippen MR) is 116 cm³/mol. The fourth-order valence-corrected chi connectivity index (χ4v) is 3.77. The highest BCUT2D eigenvalue weighted by atomic mass is 16.5. The van der Waals surface area contributed by atoms with Crippen LogP contribution in [0.25, 0.3) is 11.1 Å². The van der Waals surface area contributed by atoms with Crippen molar-refractivity contribution in [1.82, 2.24) is 15.1 Å². The van der Waals surface area contributed by atoms with Crippen LogP contribution in [0, 0.1) is 0 Å². The maximum Gasteiger partial charge on any atom is 0.412 e. The van der Waals surface area contributed by atoms with Gasteiger partial charge < -0.3 is 15.2 Å². The second kappa shape index (κ2) is 8.54. The normalized spacial score (nSPS) is 13.1. The minimum Gasteiger partial charge on any atom is -0.480 e. The molecule has 3 aromatic rings. The van der Waals surface area contributed by atoms with Crippen LogP contribution < -0.4 is 10.6 Å². The van der Waals surface area contributed by atoms with Crippen LogP contribution in [0.4, 0.5) is 10.6 Å². The van der Waals surface area contributed by atoms with Crippen molar-refractivity contribution >= 4 is 23.8 Å². The van der Waals surface area contributed by atoms with Gasteiger partial charge in [-0.05, 0) is 29.2 Å². The molecule has 0 saturated carbocycles. The summed E-state index contributed by atoms with van der Waals surface area (Å²) < 4.78 is 6.80. The molecule has 32 heavy (non-hydrogen) atoms. The molecule has 1 aliphatic rings. The quantitative estimate of drug-likeness (QED) is 0.548. The number of carboxylic acid groups (broad SMARTS) is 1. The first-order valence-corrected chi connectivity index (χ1v) is 10.0. The maximum atomic E-state index is 12.4. The largest absolute Gasteiger partial charge is 0.480 e. The van der Waals surface area contributed by atoms with Gasteiger partial charge in [-0.15, -0.1) is 0 Å². The summed E-state index contributed by atoms with van der Waals surface area (Å²) in [6.07, 6.45) is -0.680. The van der Waals surface area contributed by atoms with Crippen molar-refractivity contribution in [3.63, 3.8) is 0 Å². The Bertz CT molecular complexity index is 1160. The molecule has 1 heterocycles. The first-order chi connectivity index (χ1) is 15.3. The monoisotopic (exact) mass is 434 g/mol. The Morgan fingerprint density at radius 1 is 1.09 bits per heavy atom. The molecule has 2 aromatic carbocycles. The van der Waals surface area contributed by atoms with Crippen LogP contribution in [-0.2, 0) is 16.6 Å². The summed E-state index contributed by atoms with van der Waals surface area (Å²) in [6, 6.07) is 16.4. The van der Waals surface area contributed by atoms with Gasteiger partial charge in [0.2, 0.25) is 0 Å². The van der Waals surface area contributed by atoms with Crippen molar-refractivity contribution in [3.8, 4) is 11.1 Å². The second-order valence-electron chi connectivity index (χ2n) is 7.52. The number of nitrogens with zero attached hydrogens (tertiary/aromatic N) is 2. The number of rotatable bonds is 6. The first-order valence-electron chi connectivity index (χ1n) is 10.0. The Hall–Kier alpha value is -4.14. The number of ether oxygens (including phenoxy) is 1. The molecule has 0 saturated heterocycles. The fraction of sp³-hybridized carbons (Fsp3) is 0.217. The van der Waals surface area contributed by atoms with Crippen molar-refractivity contribution in [3.05, 3.63) is 71.4 Å². The lowest BCUT2D eigenvalue weighted by Gasteiger charge is -2.14. The molecule has 1 atom stereocenters. The number of amides is 2. The van der Waals surface area contributed by atoms with Gasteiger partial charge in [0.25, 0.3) is 5.91 Å². The number of fused-ring (bicyclic) bond motifs is 3. The van der Waals surface area contributed by atoms with E-state index < -0.39 is 24.0 Å². The highest BCUT2D eigenvalue weighted by molar-refractivity contribution is 5.96. The molecule has 1 aliphatic carbocycles. The molecule has 0 aliphatic heterocycles. The van der Waals surface area contributed by atoms with E-state index in [1.54, 1.807) is 7.05 Å². The smallest absolute Gasteiger partial charge is 0.412 e. The fourth-order valence-electron chi connectivity index (χ4n) is 3.77.